The highest BCUT2D eigenvalue weighted by atomic mass is 16.5. The maximum Gasteiger partial charge on any atom is 0.305 e. The number of hydrogen-bond donors (Lipinski definition) is 1. The van der Waals surface area contributed by atoms with E-state index in [9.17, 15) is 4.79 Å². The van der Waals surface area contributed by atoms with Crippen LogP contribution in [-0.4, -0.2) is 19.7 Å². The number of methoxy groups -OCH3 is 1. The molecule has 0 aliphatic heterocycles. The van der Waals surface area contributed by atoms with Gasteiger partial charge in [0, 0.05) is 18.0 Å². The molecule has 0 bridgehead atoms. The van der Waals surface area contributed by atoms with Crippen molar-refractivity contribution in [1.82, 2.24) is 0 Å². The molecule has 0 amide bonds. The van der Waals surface area contributed by atoms with E-state index in [-0.39, 0.29) is 12.0 Å². The van der Waals surface area contributed by atoms with Crippen LogP contribution in [-0.2, 0) is 9.53 Å². The number of rotatable bonds is 6. The first-order valence-electron chi connectivity index (χ1n) is 6.10. The Kier molecular flexibility index (Phi) is 5.65. The second-order valence-corrected chi connectivity index (χ2v) is 4.36. The number of benzene rings is 1. The van der Waals surface area contributed by atoms with Gasteiger partial charge < -0.3 is 15.2 Å². The van der Waals surface area contributed by atoms with Gasteiger partial charge in [-0.05, 0) is 26.3 Å². The molecule has 1 aromatic rings. The Hall–Kier alpha value is -1.55. The fourth-order valence-electron chi connectivity index (χ4n) is 1.66. The minimum absolute atomic E-state index is 0.0690. The Morgan fingerprint density at radius 1 is 1.44 bits per heavy atom. The first-order chi connectivity index (χ1) is 8.54. The van der Waals surface area contributed by atoms with Crippen molar-refractivity contribution in [2.45, 2.75) is 32.7 Å². The van der Waals surface area contributed by atoms with Crippen LogP contribution >= 0.6 is 0 Å². The lowest BCUT2D eigenvalue weighted by Crippen LogP contribution is -2.10. The number of hydrogen-bond acceptors (Lipinski definition) is 4. The molecule has 100 valence electrons. The molecule has 0 aliphatic carbocycles. The van der Waals surface area contributed by atoms with Gasteiger partial charge >= 0.3 is 5.97 Å². The fourth-order valence-corrected chi connectivity index (χ4v) is 1.66. The van der Waals surface area contributed by atoms with Crippen LogP contribution < -0.4 is 10.5 Å². The molecule has 0 saturated carbocycles. The maximum absolute atomic E-state index is 10.9. The standard InChI is InChI=1S/C14H21NO3/c1-10-6-7-13(12(9-10)11(2)15)18-8-4-5-14(16)17-3/h6-7,9,11H,4-5,8,15H2,1-3H3. The van der Waals surface area contributed by atoms with Gasteiger partial charge in [-0.15, -0.1) is 0 Å². The van der Waals surface area contributed by atoms with E-state index in [2.05, 4.69) is 4.74 Å². The third kappa shape index (κ3) is 4.37. The molecule has 1 atom stereocenters. The second-order valence-electron chi connectivity index (χ2n) is 4.36. The third-order valence-electron chi connectivity index (χ3n) is 2.67. The Labute approximate surface area is 108 Å². The Bertz CT molecular complexity index is 402. The lowest BCUT2D eigenvalue weighted by atomic mass is 10.1. The first kappa shape index (κ1) is 14.5. The van der Waals surface area contributed by atoms with Gasteiger partial charge in [-0.3, -0.25) is 4.79 Å². The highest BCUT2D eigenvalue weighted by Crippen LogP contribution is 2.25. The Balaban J connectivity index is 2.54. The Morgan fingerprint density at radius 2 is 2.17 bits per heavy atom. The topological polar surface area (TPSA) is 61.5 Å². The highest BCUT2D eigenvalue weighted by molar-refractivity contribution is 5.69. The molecule has 0 radical (unpaired) electrons. The monoisotopic (exact) mass is 251 g/mol. The molecule has 1 aromatic carbocycles. The molecule has 4 heteroatoms. The number of ether oxygens (including phenoxy) is 2. The third-order valence-corrected chi connectivity index (χ3v) is 2.67. The summed E-state index contributed by atoms with van der Waals surface area (Å²) >= 11 is 0. The summed E-state index contributed by atoms with van der Waals surface area (Å²) in [5.74, 6) is 0.579. The van der Waals surface area contributed by atoms with Crippen molar-refractivity contribution in [2.75, 3.05) is 13.7 Å². The van der Waals surface area contributed by atoms with Crippen LogP contribution in [0.1, 0.15) is 36.9 Å². The van der Waals surface area contributed by atoms with Crippen molar-refractivity contribution in [2.24, 2.45) is 5.73 Å². The van der Waals surface area contributed by atoms with E-state index in [1.165, 1.54) is 7.11 Å². The number of esters is 1. The molecule has 0 heterocycles. The molecular weight excluding hydrogens is 230 g/mol. The first-order valence-corrected chi connectivity index (χ1v) is 6.10. The number of carbonyl (C=O) groups is 1. The van der Waals surface area contributed by atoms with Crippen LogP contribution in [0.2, 0.25) is 0 Å². The summed E-state index contributed by atoms with van der Waals surface area (Å²) in [7, 11) is 1.39. The van der Waals surface area contributed by atoms with E-state index in [1.54, 1.807) is 0 Å². The van der Waals surface area contributed by atoms with E-state index in [4.69, 9.17) is 10.5 Å². The van der Waals surface area contributed by atoms with Crippen molar-refractivity contribution in [1.29, 1.82) is 0 Å². The summed E-state index contributed by atoms with van der Waals surface area (Å²) in [5.41, 5.74) is 8.05. The van der Waals surface area contributed by atoms with E-state index in [1.807, 2.05) is 32.0 Å². The van der Waals surface area contributed by atoms with Crippen molar-refractivity contribution in [3.63, 3.8) is 0 Å². The van der Waals surface area contributed by atoms with Gasteiger partial charge in [0.1, 0.15) is 5.75 Å². The summed E-state index contributed by atoms with van der Waals surface area (Å²) in [6.45, 7) is 4.43. The van der Waals surface area contributed by atoms with Crippen molar-refractivity contribution in [3.8, 4) is 5.75 Å². The zero-order valence-electron chi connectivity index (χ0n) is 11.2. The molecule has 1 unspecified atom stereocenters. The van der Waals surface area contributed by atoms with Gasteiger partial charge in [-0.2, -0.15) is 0 Å². The van der Waals surface area contributed by atoms with Crippen LogP contribution in [0.5, 0.6) is 5.75 Å². The molecule has 0 saturated heterocycles. The van der Waals surface area contributed by atoms with Crippen molar-refractivity contribution in [3.05, 3.63) is 29.3 Å². The van der Waals surface area contributed by atoms with Crippen LogP contribution in [0, 0.1) is 6.92 Å². The molecule has 1 rings (SSSR count). The highest BCUT2D eigenvalue weighted by Gasteiger charge is 2.08. The average molecular weight is 251 g/mol. The molecule has 2 N–H and O–H groups in total. The van der Waals surface area contributed by atoms with E-state index in [0.29, 0.717) is 19.4 Å². The number of nitrogens with two attached hydrogens (primary N) is 1. The van der Waals surface area contributed by atoms with Gasteiger partial charge in [0.25, 0.3) is 0 Å². The van der Waals surface area contributed by atoms with Crippen LogP contribution in [0.25, 0.3) is 0 Å². The van der Waals surface area contributed by atoms with E-state index < -0.39 is 0 Å². The largest absolute Gasteiger partial charge is 0.493 e. The summed E-state index contributed by atoms with van der Waals surface area (Å²) in [6.07, 6.45) is 1.01. The van der Waals surface area contributed by atoms with Crippen molar-refractivity contribution < 1.29 is 14.3 Å². The van der Waals surface area contributed by atoms with Crippen molar-refractivity contribution >= 4 is 5.97 Å². The Morgan fingerprint density at radius 3 is 2.78 bits per heavy atom. The predicted octanol–water partition coefficient (Wildman–Crippen LogP) is 2.35. The molecule has 0 fully saturated rings. The molecule has 4 nitrogen and oxygen atoms in total. The lowest BCUT2D eigenvalue weighted by molar-refractivity contribution is -0.140. The summed E-state index contributed by atoms with van der Waals surface area (Å²) in [6, 6.07) is 5.87. The molecule has 0 aliphatic rings. The zero-order valence-corrected chi connectivity index (χ0v) is 11.2. The van der Waals surface area contributed by atoms with Gasteiger partial charge in [-0.25, -0.2) is 0 Å². The normalized spacial score (nSPS) is 12.0. The smallest absolute Gasteiger partial charge is 0.305 e. The molecule has 0 spiro atoms. The lowest BCUT2D eigenvalue weighted by Gasteiger charge is -2.14. The summed E-state index contributed by atoms with van der Waals surface area (Å²) < 4.78 is 10.2. The molecular formula is C14H21NO3. The fraction of sp³-hybridized carbons (Fsp3) is 0.500. The maximum atomic E-state index is 10.9. The van der Waals surface area contributed by atoms with Crippen LogP contribution in [0.15, 0.2) is 18.2 Å². The average Bonchev–Trinajstić information content (AvgIpc) is 2.35. The molecule has 18 heavy (non-hydrogen) atoms. The zero-order chi connectivity index (χ0) is 13.5. The van der Waals surface area contributed by atoms with Gasteiger partial charge in [0.05, 0.1) is 13.7 Å². The number of aryl methyl sites for hydroxylation is 1. The van der Waals surface area contributed by atoms with Crippen LogP contribution in [0.3, 0.4) is 0 Å². The van der Waals surface area contributed by atoms with Gasteiger partial charge in [0.2, 0.25) is 0 Å². The predicted molar refractivity (Wildman–Crippen MR) is 70.5 cm³/mol. The summed E-state index contributed by atoms with van der Waals surface area (Å²) in [5, 5.41) is 0. The van der Waals surface area contributed by atoms with Gasteiger partial charge in [-0.1, -0.05) is 17.7 Å². The number of carbonyl (C=O) groups excluding carboxylic acids is 1. The second kappa shape index (κ2) is 7.01. The van der Waals surface area contributed by atoms with E-state index >= 15 is 0 Å². The van der Waals surface area contributed by atoms with Crippen LogP contribution in [0.4, 0.5) is 0 Å². The quantitative estimate of drug-likeness (QED) is 0.622. The SMILES string of the molecule is COC(=O)CCCOc1ccc(C)cc1C(C)N. The molecule has 0 aromatic heterocycles. The minimum atomic E-state index is -0.213. The minimum Gasteiger partial charge on any atom is -0.493 e. The van der Waals surface area contributed by atoms with E-state index in [0.717, 1.165) is 16.9 Å². The summed E-state index contributed by atoms with van der Waals surface area (Å²) in [4.78, 5) is 10.9. The van der Waals surface area contributed by atoms with Gasteiger partial charge in [0.15, 0.2) is 0 Å².